The van der Waals surface area contributed by atoms with Gasteiger partial charge in [-0.05, 0) is 6.07 Å². The highest BCUT2D eigenvalue weighted by molar-refractivity contribution is 5.51. The van der Waals surface area contributed by atoms with E-state index in [2.05, 4.69) is 17.0 Å². The number of hydrogen-bond acceptors (Lipinski definition) is 2. The quantitative estimate of drug-likeness (QED) is 0.678. The van der Waals surface area contributed by atoms with E-state index in [9.17, 15) is 0 Å². The van der Waals surface area contributed by atoms with E-state index in [0.717, 1.165) is 0 Å². The summed E-state index contributed by atoms with van der Waals surface area (Å²) in [5.41, 5.74) is 2.45. The first-order valence-corrected chi connectivity index (χ1v) is 4.00. The molecule has 0 heterocycles. The summed E-state index contributed by atoms with van der Waals surface area (Å²) in [5.74, 6) is 0. The highest BCUT2D eigenvalue weighted by atomic mass is 16.5. The maximum absolute atomic E-state index is 5.09. The van der Waals surface area contributed by atoms with Gasteiger partial charge in [-0.2, -0.15) is 0 Å². The summed E-state index contributed by atoms with van der Waals surface area (Å²) in [6.45, 7) is 0.675. The Balaban J connectivity index is 2.92. The smallest absolute Gasteiger partial charge is 0.0733 e. The van der Waals surface area contributed by atoms with Crippen LogP contribution in [0.15, 0.2) is 24.3 Å². The van der Waals surface area contributed by atoms with Gasteiger partial charge in [-0.15, -0.1) is 0 Å². The van der Waals surface area contributed by atoms with Crippen LogP contribution in [-0.4, -0.2) is 21.2 Å². The lowest BCUT2D eigenvalue weighted by atomic mass is 10.2. The van der Waals surface area contributed by atoms with Crippen LogP contribution in [0.25, 0.3) is 0 Å². The fourth-order valence-electron chi connectivity index (χ4n) is 1.22. The van der Waals surface area contributed by atoms with Gasteiger partial charge in [0.15, 0.2) is 0 Å². The third-order valence-corrected chi connectivity index (χ3v) is 1.77. The van der Waals surface area contributed by atoms with Crippen LogP contribution in [0.1, 0.15) is 5.56 Å². The van der Waals surface area contributed by atoms with Crippen LogP contribution >= 0.6 is 0 Å². The van der Waals surface area contributed by atoms with Crippen molar-refractivity contribution in [3.05, 3.63) is 29.8 Å². The normalized spacial score (nSPS) is 9.92. The SMILES string of the molecule is COCc1ccccc1N(C)C. The second-order valence-electron chi connectivity index (χ2n) is 2.96. The van der Waals surface area contributed by atoms with Gasteiger partial charge in [0.2, 0.25) is 0 Å². The summed E-state index contributed by atoms with van der Waals surface area (Å²) in [7, 11) is 5.79. The number of nitrogens with zero attached hydrogens (tertiary/aromatic N) is 1. The molecular formula is C10H15NO. The number of rotatable bonds is 3. The number of ether oxygens (including phenoxy) is 1. The molecule has 0 radical (unpaired) electrons. The Labute approximate surface area is 73.8 Å². The molecule has 0 spiro atoms. The molecule has 0 unspecified atom stereocenters. The van der Waals surface area contributed by atoms with Gasteiger partial charge in [0.1, 0.15) is 0 Å². The average molecular weight is 165 g/mol. The van der Waals surface area contributed by atoms with E-state index in [1.54, 1.807) is 7.11 Å². The lowest BCUT2D eigenvalue weighted by Crippen LogP contribution is -2.11. The molecule has 0 N–H and O–H groups in total. The minimum atomic E-state index is 0.675. The Kier molecular flexibility index (Phi) is 3.11. The largest absolute Gasteiger partial charge is 0.380 e. The van der Waals surface area contributed by atoms with Gasteiger partial charge in [0.05, 0.1) is 6.61 Å². The molecule has 2 heteroatoms. The van der Waals surface area contributed by atoms with Crippen LogP contribution < -0.4 is 4.90 Å². The third-order valence-electron chi connectivity index (χ3n) is 1.77. The first-order valence-electron chi connectivity index (χ1n) is 4.00. The third kappa shape index (κ3) is 1.98. The van der Waals surface area contributed by atoms with Crippen LogP contribution in [0.2, 0.25) is 0 Å². The molecule has 0 amide bonds. The maximum Gasteiger partial charge on any atom is 0.0733 e. The van der Waals surface area contributed by atoms with Gasteiger partial charge in [-0.25, -0.2) is 0 Å². The summed E-state index contributed by atoms with van der Waals surface area (Å²) in [6, 6.07) is 8.24. The first-order chi connectivity index (χ1) is 5.75. The Morgan fingerprint density at radius 2 is 1.92 bits per heavy atom. The predicted molar refractivity (Wildman–Crippen MR) is 51.5 cm³/mol. The minimum Gasteiger partial charge on any atom is -0.380 e. The van der Waals surface area contributed by atoms with Crippen molar-refractivity contribution in [1.29, 1.82) is 0 Å². The summed E-state index contributed by atoms with van der Waals surface area (Å²) >= 11 is 0. The summed E-state index contributed by atoms with van der Waals surface area (Å²) < 4.78 is 5.09. The molecule has 1 aromatic rings. The van der Waals surface area contributed by atoms with Crippen LogP contribution in [0.4, 0.5) is 5.69 Å². The molecule has 0 saturated carbocycles. The molecule has 0 aliphatic rings. The van der Waals surface area contributed by atoms with Crippen molar-refractivity contribution in [2.24, 2.45) is 0 Å². The van der Waals surface area contributed by atoms with E-state index >= 15 is 0 Å². The van der Waals surface area contributed by atoms with Gasteiger partial charge in [0.25, 0.3) is 0 Å². The van der Waals surface area contributed by atoms with E-state index in [1.807, 2.05) is 26.2 Å². The van der Waals surface area contributed by atoms with Crippen molar-refractivity contribution in [1.82, 2.24) is 0 Å². The van der Waals surface area contributed by atoms with Crippen LogP contribution in [-0.2, 0) is 11.3 Å². The molecule has 0 aliphatic heterocycles. The number of hydrogen-bond donors (Lipinski definition) is 0. The summed E-state index contributed by atoms with van der Waals surface area (Å²) in [4.78, 5) is 2.09. The minimum absolute atomic E-state index is 0.675. The molecule has 12 heavy (non-hydrogen) atoms. The second kappa shape index (κ2) is 4.12. The van der Waals surface area contributed by atoms with Crippen molar-refractivity contribution in [3.8, 4) is 0 Å². The Bertz CT molecular complexity index is 245. The van der Waals surface area contributed by atoms with Crippen molar-refractivity contribution >= 4 is 5.69 Å². The highest BCUT2D eigenvalue weighted by Gasteiger charge is 2.01. The molecule has 0 fully saturated rings. The molecule has 1 rings (SSSR count). The number of benzene rings is 1. The molecular weight excluding hydrogens is 150 g/mol. The second-order valence-corrected chi connectivity index (χ2v) is 2.96. The molecule has 0 aromatic heterocycles. The van der Waals surface area contributed by atoms with E-state index in [-0.39, 0.29) is 0 Å². The Morgan fingerprint density at radius 3 is 2.50 bits per heavy atom. The van der Waals surface area contributed by atoms with Crippen molar-refractivity contribution < 1.29 is 4.74 Å². The number of para-hydroxylation sites is 1. The van der Waals surface area contributed by atoms with Crippen LogP contribution in [0.5, 0.6) is 0 Å². The van der Waals surface area contributed by atoms with Crippen molar-refractivity contribution in [3.63, 3.8) is 0 Å². The van der Waals surface area contributed by atoms with E-state index in [0.29, 0.717) is 6.61 Å². The van der Waals surface area contributed by atoms with Gasteiger partial charge >= 0.3 is 0 Å². The molecule has 0 aliphatic carbocycles. The maximum atomic E-state index is 5.09. The monoisotopic (exact) mass is 165 g/mol. The van der Waals surface area contributed by atoms with E-state index < -0.39 is 0 Å². The zero-order valence-corrected chi connectivity index (χ0v) is 7.87. The van der Waals surface area contributed by atoms with Crippen molar-refractivity contribution in [2.45, 2.75) is 6.61 Å². The summed E-state index contributed by atoms with van der Waals surface area (Å²) in [6.07, 6.45) is 0. The van der Waals surface area contributed by atoms with Crippen molar-refractivity contribution in [2.75, 3.05) is 26.1 Å². The fourth-order valence-corrected chi connectivity index (χ4v) is 1.22. The zero-order valence-electron chi connectivity index (χ0n) is 7.87. The first kappa shape index (κ1) is 9.07. The fraction of sp³-hybridized carbons (Fsp3) is 0.400. The standard InChI is InChI=1S/C10H15NO/c1-11(2)10-7-5-4-6-9(10)8-12-3/h4-7H,8H2,1-3H3. The van der Waals surface area contributed by atoms with Gasteiger partial charge in [-0.3, -0.25) is 0 Å². The van der Waals surface area contributed by atoms with Gasteiger partial charge in [-0.1, -0.05) is 18.2 Å². The highest BCUT2D eigenvalue weighted by Crippen LogP contribution is 2.17. The molecule has 2 nitrogen and oxygen atoms in total. The van der Waals surface area contributed by atoms with E-state index in [1.165, 1.54) is 11.3 Å². The topological polar surface area (TPSA) is 12.5 Å². The lowest BCUT2D eigenvalue weighted by molar-refractivity contribution is 0.185. The average Bonchev–Trinajstić information content (AvgIpc) is 2.05. The Hall–Kier alpha value is -1.02. The molecule has 0 atom stereocenters. The predicted octanol–water partition coefficient (Wildman–Crippen LogP) is 1.90. The summed E-state index contributed by atoms with van der Waals surface area (Å²) in [5, 5.41) is 0. The van der Waals surface area contributed by atoms with Crippen LogP contribution in [0.3, 0.4) is 0 Å². The number of methoxy groups -OCH3 is 1. The molecule has 66 valence electrons. The van der Waals surface area contributed by atoms with Gasteiger partial charge < -0.3 is 9.64 Å². The Morgan fingerprint density at radius 1 is 1.25 bits per heavy atom. The molecule has 0 saturated heterocycles. The molecule has 1 aromatic carbocycles. The lowest BCUT2D eigenvalue weighted by Gasteiger charge is -2.16. The molecule has 0 bridgehead atoms. The number of anilines is 1. The van der Waals surface area contributed by atoms with Gasteiger partial charge in [0, 0.05) is 32.5 Å². The van der Waals surface area contributed by atoms with Crippen LogP contribution in [0, 0.1) is 0 Å². The van der Waals surface area contributed by atoms with E-state index in [4.69, 9.17) is 4.74 Å². The zero-order chi connectivity index (χ0) is 8.97.